The van der Waals surface area contributed by atoms with Crippen LogP contribution in [0, 0.1) is 22.7 Å². The lowest BCUT2D eigenvalue weighted by molar-refractivity contribution is 1.11. The van der Waals surface area contributed by atoms with E-state index >= 15 is 0 Å². The first kappa shape index (κ1) is 17.8. The van der Waals surface area contributed by atoms with Gasteiger partial charge in [-0.3, -0.25) is 0 Å². The first-order chi connectivity index (χ1) is 12.6. The van der Waals surface area contributed by atoms with Crippen LogP contribution in [0.25, 0.3) is 11.1 Å². The van der Waals surface area contributed by atoms with Crippen LogP contribution >= 0.6 is 23.4 Å². The van der Waals surface area contributed by atoms with Crippen molar-refractivity contribution in [2.75, 3.05) is 5.73 Å². The summed E-state index contributed by atoms with van der Waals surface area (Å²) >= 11 is 7.38. The van der Waals surface area contributed by atoms with E-state index in [1.54, 1.807) is 24.3 Å². The van der Waals surface area contributed by atoms with Gasteiger partial charge in [0.15, 0.2) is 0 Å². The highest BCUT2D eigenvalue weighted by molar-refractivity contribution is 7.98. The summed E-state index contributed by atoms with van der Waals surface area (Å²) in [6.07, 6.45) is 0. The van der Waals surface area contributed by atoms with Crippen LogP contribution in [-0.2, 0) is 5.75 Å². The molecule has 6 heteroatoms. The molecule has 3 rings (SSSR count). The number of hydrogen-bond donors (Lipinski definition) is 1. The van der Waals surface area contributed by atoms with E-state index in [9.17, 15) is 10.5 Å². The van der Waals surface area contributed by atoms with E-state index in [-0.39, 0.29) is 11.4 Å². The number of thioether (sulfide) groups is 1. The number of aromatic nitrogens is 1. The van der Waals surface area contributed by atoms with E-state index in [1.807, 2.05) is 30.3 Å². The van der Waals surface area contributed by atoms with Gasteiger partial charge < -0.3 is 5.73 Å². The van der Waals surface area contributed by atoms with Crippen molar-refractivity contribution >= 4 is 29.2 Å². The molecule has 0 spiro atoms. The Morgan fingerprint density at radius 3 is 2.23 bits per heavy atom. The van der Waals surface area contributed by atoms with Gasteiger partial charge in [0, 0.05) is 16.3 Å². The predicted molar refractivity (Wildman–Crippen MR) is 105 cm³/mol. The Morgan fingerprint density at radius 1 is 0.962 bits per heavy atom. The van der Waals surface area contributed by atoms with E-state index in [0.717, 1.165) is 5.56 Å². The molecule has 4 nitrogen and oxygen atoms in total. The molecular weight excluding hydrogens is 364 g/mol. The zero-order valence-electron chi connectivity index (χ0n) is 13.6. The van der Waals surface area contributed by atoms with Crippen LogP contribution in [0.2, 0.25) is 5.02 Å². The zero-order chi connectivity index (χ0) is 18.5. The molecule has 0 aliphatic carbocycles. The Hall–Kier alpha value is -2.99. The van der Waals surface area contributed by atoms with Crippen molar-refractivity contribution in [3.05, 3.63) is 76.3 Å². The summed E-state index contributed by atoms with van der Waals surface area (Å²) in [6.45, 7) is 0. The topological polar surface area (TPSA) is 86.5 Å². The van der Waals surface area contributed by atoms with Gasteiger partial charge in [0.2, 0.25) is 0 Å². The van der Waals surface area contributed by atoms with Gasteiger partial charge in [-0.05, 0) is 23.3 Å². The molecule has 3 aromatic rings. The third kappa shape index (κ3) is 3.65. The number of hydrogen-bond acceptors (Lipinski definition) is 5. The van der Waals surface area contributed by atoms with Gasteiger partial charge in [-0.15, -0.1) is 11.8 Å². The average molecular weight is 377 g/mol. The molecule has 0 amide bonds. The lowest BCUT2D eigenvalue weighted by Crippen LogP contribution is -2.03. The van der Waals surface area contributed by atoms with Crippen molar-refractivity contribution in [1.29, 1.82) is 10.5 Å². The summed E-state index contributed by atoms with van der Waals surface area (Å²) < 4.78 is 0. The fraction of sp³-hybridized carbons (Fsp3) is 0.0500. The largest absolute Gasteiger partial charge is 0.383 e. The highest BCUT2D eigenvalue weighted by Gasteiger charge is 2.20. The van der Waals surface area contributed by atoms with Crippen LogP contribution in [0.4, 0.5) is 5.82 Å². The van der Waals surface area contributed by atoms with Crippen LogP contribution in [0.5, 0.6) is 0 Å². The predicted octanol–water partition coefficient (Wildman–Crippen LogP) is 5.02. The molecule has 26 heavy (non-hydrogen) atoms. The van der Waals surface area contributed by atoms with Crippen LogP contribution in [0.15, 0.2) is 59.6 Å². The SMILES string of the molecule is N#Cc1c(N)nc(SCc2ccccc2)c(C#N)c1-c1ccc(Cl)cc1. The Kier molecular flexibility index (Phi) is 5.43. The first-order valence-electron chi connectivity index (χ1n) is 7.70. The Bertz CT molecular complexity index is 1020. The molecule has 0 unspecified atom stereocenters. The van der Waals surface area contributed by atoms with Crippen LogP contribution in [0.3, 0.4) is 0 Å². The highest BCUT2D eigenvalue weighted by atomic mass is 35.5. The van der Waals surface area contributed by atoms with Crippen molar-refractivity contribution in [3.8, 4) is 23.3 Å². The number of nitrogens with zero attached hydrogens (tertiary/aromatic N) is 3. The monoisotopic (exact) mass is 376 g/mol. The molecule has 1 heterocycles. The molecule has 0 bridgehead atoms. The van der Waals surface area contributed by atoms with Crippen molar-refractivity contribution in [3.63, 3.8) is 0 Å². The fourth-order valence-electron chi connectivity index (χ4n) is 2.53. The number of nitrogens with two attached hydrogens (primary N) is 1. The van der Waals surface area contributed by atoms with Gasteiger partial charge in [0.1, 0.15) is 28.5 Å². The minimum absolute atomic E-state index is 0.118. The number of halogens is 1. The molecule has 0 aliphatic rings. The molecule has 0 aliphatic heterocycles. The number of pyridine rings is 1. The molecule has 0 atom stereocenters. The van der Waals surface area contributed by atoms with E-state index in [4.69, 9.17) is 17.3 Å². The van der Waals surface area contributed by atoms with Crippen molar-refractivity contribution < 1.29 is 0 Å². The van der Waals surface area contributed by atoms with Gasteiger partial charge >= 0.3 is 0 Å². The van der Waals surface area contributed by atoms with E-state index in [1.165, 1.54) is 11.8 Å². The number of nitrogen functional groups attached to an aromatic ring is 1. The van der Waals surface area contributed by atoms with Gasteiger partial charge in [-0.25, -0.2) is 4.98 Å². The summed E-state index contributed by atoms with van der Waals surface area (Å²) in [6, 6.07) is 21.1. The zero-order valence-corrected chi connectivity index (χ0v) is 15.2. The summed E-state index contributed by atoms with van der Waals surface area (Å²) in [7, 11) is 0. The number of benzene rings is 2. The molecule has 1 aromatic heterocycles. The Balaban J connectivity index is 2.10. The molecule has 126 valence electrons. The van der Waals surface area contributed by atoms with Crippen LogP contribution in [0.1, 0.15) is 16.7 Å². The number of anilines is 1. The standard InChI is InChI=1S/C20H13ClN4S/c21-15-8-6-14(7-9-15)18-16(10-22)19(24)25-20(17(18)11-23)26-12-13-4-2-1-3-5-13/h1-9H,12H2,(H2,24,25). The molecule has 0 saturated heterocycles. The molecule has 0 saturated carbocycles. The van der Waals surface area contributed by atoms with E-state index in [2.05, 4.69) is 17.1 Å². The quantitative estimate of drug-likeness (QED) is 0.646. The second-order valence-corrected chi connectivity index (χ2v) is 6.83. The number of rotatable bonds is 4. The van der Waals surface area contributed by atoms with Crippen LogP contribution in [-0.4, -0.2) is 4.98 Å². The fourth-order valence-corrected chi connectivity index (χ4v) is 3.61. The van der Waals surface area contributed by atoms with Gasteiger partial charge in [-0.1, -0.05) is 54.1 Å². The Morgan fingerprint density at radius 2 is 1.62 bits per heavy atom. The minimum Gasteiger partial charge on any atom is -0.383 e. The third-order valence-electron chi connectivity index (χ3n) is 3.77. The van der Waals surface area contributed by atoms with Crippen molar-refractivity contribution in [2.24, 2.45) is 0 Å². The average Bonchev–Trinajstić information content (AvgIpc) is 2.67. The van der Waals surface area contributed by atoms with Gasteiger partial charge in [0.05, 0.1) is 5.56 Å². The van der Waals surface area contributed by atoms with Crippen LogP contribution < -0.4 is 5.73 Å². The van der Waals surface area contributed by atoms with E-state index < -0.39 is 0 Å². The molecule has 2 N–H and O–H groups in total. The third-order valence-corrected chi connectivity index (χ3v) is 5.07. The summed E-state index contributed by atoms with van der Waals surface area (Å²) in [4.78, 5) is 4.30. The maximum Gasteiger partial charge on any atom is 0.143 e. The lowest BCUT2D eigenvalue weighted by atomic mass is 9.97. The first-order valence-corrected chi connectivity index (χ1v) is 9.06. The Labute approximate surface area is 160 Å². The van der Waals surface area contributed by atoms with Crippen molar-refractivity contribution in [2.45, 2.75) is 10.8 Å². The smallest absolute Gasteiger partial charge is 0.143 e. The second-order valence-electron chi connectivity index (χ2n) is 5.43. The summed E-state index contributed by atoms with van der Waals surface area (Å²) in [5.74, 6) is 0.764. The highest BCUT2D eigenvalue weighted by Crippen LogP contribution is 2.36. The molecule has 2 aromatic carbocycles. The second kappa shape index (κ2) is 7.93. The normalized spacial score (nSPS) is 10.1. The maximum absolute atomic E-state index is 9.74. The molecule has 0 radical (unpaired) electrons. The van der Waals surface area contributed by atoms with Crippen molar-refractivity contribution in [1.82, 2.24) is 4.98 Å². The summed E-state index contributed by atoms with van der Waals surface area (Å²) in [5, 5.41) is 20.4. The summed E-state index contributed by atoms with van der Waals surface area (Å²) in [5.41, 5.74) is 8.87. The maximum atomic E-state index is 9.74. The molecular formula is C20H13ClN4S. The van der Waals surface area contributed by atoms with Gasteiger partial charge in [-0.2, -0.15) is 10.5 Å². The lowest BCUT2D eigenvalue weighted by Gasteiger charge is -2.13. The molecule has 0 fully saturated rings. The minimum atomic E-state index is 0.118. The van der Waals surface area contributed by atoms with Gasteiger partial charge in [0.25, 0.3) is 0 Å². The number of nitriles is 2. The van der Waals surface area contributed by atoms with E-state index in [0.29, 0.717) is 32.5 Å².